The first-order chi connectivity index (χ1) is 9.58. The molecular weight excluding hydrogens is 274 g/mol. The predicted octanol–water partition coefficient (Wildman–Crippen LogP) is 4.11. The van der Waals surface area contributed by atoms with Crippen molar-refractivity contribution in [3.8, 4) is 17.7 Å². The fourth-order valence-corrected chi connectivity index (χ4v) is 1.79. The van der Waals surface area contributed by atoms with Crippen molar-refractivity contribution in [2.24, 2.45) is 0 Å². The third kappa shape index (κ3) is 3.69. The highest BCUT2D eigenvalue weighted by Gasteiger charge is 2.08. The van der Waals surface area contributed by atoms with Crippen molar-refractivity contribution < 1.29 is 4.74 Å². The maximum atomic E-state index is 8.62. The molecule has 4 nitrogen and oxygen atoms in total. The molecule has 0 fully saturated rings. The zero-order chi connectivity index (χ0) is 14.5. The van der Waals surface area contributed by atoms with Gasteiger partial charge in [-0.1, -0.05) is 37.6 Å². The lowest BCUT2D eigenvalue weighted by Crippen LogP contribution is -1.99. The van der Waals surface area contributed by atoms with Gasteiger partial charge in [0.1, 0.15) is 16.7 Å². The largest absolute Gasteiger partial charge is 0.439 e. The van der Waals surface area contributed by atoms with Crippen molar-refractivity contribution >= 4 is 11.6 Å². The Labute approximate surface area is 123 Å². The molecule has 20 heavy (non-hydrogen) atoms. The Morgan fingerprint density at radius 1 is 1.25 bits per heavy atom. The second-order valence-electron chi connectivity index (χ2n) is 4.62. The van der Waals surface area contributed by atoms with Gasteiger partial charge in [-0.25, -0.2) is 4.98 Å². The molecule has 0 atom stereocenters. The summed E-state index contributed by atoms with van der Waals surface area (Å²) in [4.78, 5) is 8.47. The number of aromatic nitrogens is 2. The van der Waals surface area contributed by atoms with Crippen molar-refractivity contribution in [1.82, 2.24) is 9.97 Å². The summed E-state index contributed by atoms with van der Waals surface area (Å²) in [6.45, 7) is 3.98. The van der Waals surface area contributed by atoms with E-state index in [-0.39, 0.29) is 5.92 Å². The van der Waals surface area contributed by atoms with Crippen molar-refractivity contribution in [2.45, 2.75) is 26.2 Å². The number of nitrogens with zero attached hydrogens (tertiary/aromatic N) is 3. The Hall–Kier alpha value is -2.12. The number of halogens is 1. The first-order valence-corrected chi connectivity index (χ1v) is 6.64. The molecular formula is C15H14ClN3O. The van der Waals surface area contributed by atoms with Gasteiger partial charge in [-0.05, 0) is 17.7 Å². The van der Waals surface area contributed by atoms with Crippen LogP contribution in [0.2, 0.25) is 5.15 Å². The summed E-state index contributed by atoms with van der Waals surface area (Å²) >= 11 is 5.96. The van der Waals surface area contributed by atoms with Gasteiger partial charge < -0.3 is 4.74 Å². The maximum Gasteiger partial charge on any atom is 0.224 e. The molecule has 2 aromatic rings. The van der Waals surface area contributed by atoms with Crippen LogP contribution in [0.25, 0.3) is 0 Å². The van der Waals surface area contributed by atoms with Crippen molar-refractivity contribution in [3.63, 3.8) is 0 Å². The molecule has 2 rings (SSSR count). The van der Waals surface area contributed by atoms with Crippen LogP contribution in [-0.4, -0.2) is 9.97 Å². The molecule has 0 radical (unpaired) electrons. The molecule has 102 valence electrons. The second-order valence-corrected chi connectivity index (χ2v) is 5.01. The van der Waals surface area contributed by atoms with Gasteiger partial charge in [0.2, 0.25) is 5.88 Å². The maximum absolute atomic E-state index is 8.62. The summed E-state index contributed by atoms with van der Waals surface area (Å²) in [6, 6.07) is 11.0. The second kappa shape index (κ2) is 6.36. The van der Waals surface area contributed by atoms with Gasteiger partial charge in [0, 0.05) is 12.0 Å². The van der Waals surface area contributed by atoms with Gasteiger partial charge in [0.25, 0.3) is 0 Å². The Morgan fingerprint density at radius 2 is 1.95 bits per heavy atom. The zero-order valence-electron chi connectivity index (χ0n) is 11.3. The number of hydrogen-bond acceptors (Lipinski definition) is 4. The number of benzene rings is 1. The Balaban J connectivity index is 2.19. The summed E-state index contributed by atoms with van der Waals surface area (Å²) in [7, 11) is 0. The SMILES string of the molecule is CC(C)c1nc(Cl)cc(Oc2ccc(CC#N)cc2)n1. The van der Waals surface area contributed by atoms with E-state index in [1.807, 2.05) is 26.0 Å². The Bertz CT molecular complexity index is 633. The number of hydrogen-bond donors (Lipinski definition) is 0. The lowest BCUT2D eigenvalue weighted by Gasteiger charge is -2.09. The molecule has 0 spiro atoms. The molecule has 0 unspecified atom stereocenters. The summed E-state index contributed by atoms with van der Waals surface area (Å²) in [5.41, 5.74) is 0.948. The molecule has 0 aliphatic heterocycles. The number of ether oxygens (including phenoxy) is 1. The quantitative estimate of drug-likeness (QED) is 0.794. The molecule has 0 aliphatic carbocycles. The standard InChI is InChI=1S/C15H14ClN3O/c1-10(2)15-18-13(16)9-14(19-15)20-12-5-3-11(4-6-12)7-8-17/h3-6,9-10H,7H2,1-2H3. The first-order valence-electron chi connectivity index (χ1n) is 6.26. The van der Waals surface area contributed by atoms with Crippen LogP contribution in [0, 0.1) is 11.3 Å². The van der Waals surface area contributed by atoms with Crippen LogP contribution in [0.5, 0.6) is 11.6 Å². The molecule has 1 aromatic carbocycles. The normalized spacial score (nSPS) is 10.3. The zero-order valence-corrected chi connectivity index (χ0v) is 12.1. The van der Waals surface area contributed by atoms with Crippen LogP contribution in [0.1, 0.15) is 31.2 Å². The average Bonchev–Trinajstić information content (AvgIpc) is 2.40. The van der Waals surface area contributed by atoms with Crippen molar-refractivity contribution in [1.29, 1.82) is 5.26 Å². The van der Waals surface area contributed by atoms with Crippen LogP contribution in [0.3, 0.4) is 0 Å². The van der Waals surface area contributed by atoms with Crippen LogP contribution in [0.4, 0.5) is 0 Å². The molecule has 5 heteroatoms. The highest BCUT2D eigenvalue weighted by molar-refractivity contribution is 6.29. The first kappa shape index (κ1) is 14.3. The Morgan fingerprint density at radius 3 is 2.55 bits per heavy atom. The van der Waals surface area contributed by atoms with E-state index >= 15 is 0 Å². The number of nitriles is 1. The van der Waals surface area contributed by atoms with Gasteiger partial charge in [-0.15, -0.1) is 0 Å². The lowest BCUT2D eigenvalue weighted by molar-refractivity contribution is 0.456. The van der Waals surface area contributed by atoms with Crippen LogP contribution >= 0.6 is 11.6 Å². The third-order valence-electron chi connectivity index (χ3n) is 2.63. The molecule has 0 saturated heterocycles. The van der Waals surface area contributed by atoms with Gasteiger partial charge >= 0.3 is 0 Å². The molecule has 0 amide bonds. The summed E-state index contributed by atoms with van der Waals surface area (Å²) < 4.78 is 5.66. The highest BCUT2D eigenvalue weighted by atomic mass is 35.5. The Kier molecular flexibility index (Phi) is 4.54. The van der Waals surface area contributed by atoms with Crippen LogP contribution < -0.4 is 4.74 Å². The van der Waals surface area contributed by atoms with Gasteiger partial charge in [0.05, 0.1) is 12.5 Å². The van der Waals surface area contributed by atoms with Gasteiger partial charge in [-0.2, -0.15) is 10.2 Å². The topological polar surface area (TPSA) is 58.8 Å². The molecule has 0 aliphatic rings. The van der Waals surface area contributed by atoms with Gasteiger partial charge in [0.15, 0.2) is 0 Å². The average molecular weight is 288 g/mol. The van der Waals surface area contributed by atoms with E-state index in [2.05, 4.69) is 16.0 Å². The smallest absolute Gasteiger partial charge is 0.224 e. The predicted molar refractivity (Wildman–Crippen MR) is 77.0 cm³/mol. The van der Waals surface area contributed by atoms with E-state index in [0.29, 0.717) is 29.0 Å². The van der Waals surface area contributed by atoms with E-state index in [0.717, 1.165) is 5.56 Å². The van der Waals surface area contributed by atoms with Gasteiger partial charge in [-0.3, -0.25) is 0 Å². The van der Waals surface area contributed by atoms with Crippen LogP contribution in [0.15, 0.2) is 30.3 Å². The highest BCUT2D eigenvalue weighted by Crippen LogP contribution is 2.24. The molecule has 1 aromatic heterocycles. The number of rotatable bonds is 4. The molecule has 0 N–H and O–H groups in total. The minimum atomic E-state index is 0.175. The van der Waals surface area contributed by atoms with E-state index in [9.17, 15) is 0 Å². The summed E-state index contributed by atoms with van der Waals surface area (Å²) in [5.74, 6) is 1.89. The summed E-state index contributed by atoms with van der Waals surface area (Å²) in [6.07, 6.45) is 0.386. The molecule has 0 bridgehead atoms. The lowest BCUT2D eigenvalue weighted by atomic mass is 10.2. The van der Waals surface area contributed by atoms with E-state index in [1.54, 1.807) is 18.2 Å². The summed E-state index contributed by atoms with van der Waals surface area (Å²) in [5, 5.41) is 8.99. The minimum absolute atomic E-state index is 0.175. The molecule has 0 saturated carbocycles. The van der Waals surface area contributed by atoms with E-state index < -0.39 is 0 Å². The monoisotopic (exact) mass is 287 g/mol. The van der Waals surface area contributed by atoms with Crippen LogP contribution in [-0.2, 0) is 6.42 Å². The van der Waals surface area contributed by atoms with E-state index in [4.69, 9.17) is 21.6 Å². The van der Waals surface area contributed by atoms with Crippen molar-refractivity contribution in [2.75, 3.05) is 0 Å². The minimum Gasteiger partial charge on any atom is -0.439 e. The fourth-order valence-electron chi connectivity index (χ4n) is 1.61. The van der Waals surface area contributed by atoms with Crippen molar-refractivity contribution in [3.05, 3.63) is 46.9 Å². The fraction of sp³-hybridized carbons (Fsp3) is 0.267. The molecule has 1 heterocycles. The third-order valence-corrected chi connectivity index (χ3v) is 2.83. The van der Waals surface area contributed by atoms with E-state index in [1.165, 1.54) is 0 Å².